The number of nitrogens with zero attached hydrogens (tertiary/aromatic N) is 7. The van der Waals surface area contributed by atoms with E-state index in [1.807, 2.05) is 24.4 Å². The molecule has 188 valence electrons. The second-order valence-corrected chi connectivity index (χ2v) is 10.6. The Morgan fingerprint density at radius 1 is 1.19 bits per heavy atom. The van der Waals surface area contributed by atoms with Gasteiger partial charge in [-0.3, -0.25) is 5.10 Å². The molecule has 0 saturated carbocycles. The van der Waals surface area contributed by atoms with Gasteiger partial charge in [0, 0.05) is 43.7 Å². The fraction of sp³-hybridized carbons (Fsp3) is 0.538. The number of piperidine rings is 1. The Morgan fingerprint density at radius 3 is 2.69 bits per heavy atom. The van der Waals surface area contributed by atoms with E-state index in [0.29, 0.717) is 17.4 Å². The molecule has 0 aliphatic carbocycles. The van der Waals surface area contributed by atoms with Crippen molar-refractivity contribution in [2.75, 3.05) is 47.5 Å². The highest BCUT2D eigenvalue weighted by Gasteiger charge is 2.47. The van der Waals surface area contributed by atoms with Crippen LogP contribution in [-0.2, 0) is 4.74 Å². The van der Waals surface area contributed by atoms with Crippen molar-refractivity contribution < 1.29 is 4.74 Å². The van der Waals surface area contributed by atoms with Crippen molar-refractivity contribution in [3.05, 3.63) is 35.8 Å². The smallest absolute Gasteiger partial charge is 0.189 e. The van der Waals surface area contributed by atoms with Gasteiger partial charge in [-0.05, 0) is 45.7 Å². The van der Waals surface area contributed by atoms with E-state index in [1.165, 1.54) is 0 Å². The normalized spacial score (nSPS) is 23.5. The lowest BCUT2D eigenvalue weighted by atomic mass is 9.73. The molecular formula is C26H33N9O. The number of aromatic nitrogens is 4. The van der Waals surface area contributed by atoms with E-state index in [1.54, 1.807) is 0 Å². The van der Waals surface area contributed by atoms with E-state index in [2.05, 4.69) is 50.5 Å². The third-order valence-electron chi connectivity index (χ3n) is 8.30. The van der Waals surface area contributed by atoms with Crippen molar-refractivity contribution in [2.45, 2.75) is 51.8 Å². The van der Waals surface area contributed by atoms with Crippen LogP contribution < -0.4 is 20.4 Å². The standard InChI is InChI=1S/C26H33N9O/c1-16(2)34-11-12-35(19-6-5-18(28-4)13-20(19)34)25-22-24(31-32-25)30-21(14-29-22)33-9-7-26(8-10-33)15-36-17(3)23(26)27/h5-6,13-14,16-17,23H,7-12,15,27H2,1-3H3,(H,30,31,32)/t17-,23+/m0/s1. The predicted molar refractivity (Wildman–Crippen MR) is 141 cm³/mol. The average molecular weight is 488 g/mol. The summed E-state index contributed by atoms with van der Waals surface area (Å²) in [6.45, 7) is 18.0. The Kier molecular flexibility index (Phi) is 5.50. The minimum Gasteiger partial charge on any atom is -0.376 e. The molecular weight excluding hydrogens is 454 g/mol. The number of ether oxygens (including phenoxy) is 1. The number of hydrogen-bond acceptors (Lipinski definition) is 8. The lowest BCUT2D eigenvalue weighted by Crippen LogP contribution is -2.50. The van der Waals surface area contributed by atoms with Gasteiger partial charge in [-0.1, -0.05) is 6.07 Å². The molecule has 5 heterocycles. The largest absolute Gasteiger partial charge is 0.376 e. The fourth-order valence-electron chi connectivity index (χ4n) is 6.02. The zero-order valence-corrected chi connectivity index (χ0v) is 21.1. The van der Waals surface area contributed by atoms with E-state index in [-0.39, 0.29) is 17.6 Å². The van der Waals surface area contributed by atoms with Crippen LogP contribution in [0.4, 0.5) is 28.7 Å². The van der Waals surface area contributed by atoms with E-state index in [9.17, 15) is 0 Å². The zero-order chi connectivity index (χ0) is 25.0. The second-order valence-electron chi connectivity index (χ2n) is 10.6. The quantitative estimate of drug-likeness (QED) is 0.540. The van der Waals surface area contributed by atoms with Gasteiger partial charge in [0.1, 0.15) is 5.82 Å². The SMILES string of the molecule is [C-]#[N+]c1ccc2c(c1)N(C(C)C)CCN2c1n[nH]c2nc(N3CCC4(CC3)CO[C@@H](C)[C@H]4N)cnc12. The number of anilines is 4. The second kappa shape index (κ2) is 8.61. The van der Waals surface area contributed by atoms with Crippen molar-refractivity contribution >= 4 is 39.9 Å². The Bertz CT molecular complexity index is 1320. The first-order chi connectivity index (χ1) is 17.4. The molecule has 6 rings (SSSR count). The maximum Gasteiger partial charge on any atom is 0.189 e. The Morgan fingerprint density at radius 2 is 2.00 bits per heavy atom. The molecule has 10 heteroatoms. The molecule has 10 nitrogen and oxygen atoms in total. The van der Waals surface area contributed by atoms with Crippen LogP contribution in [0.3, 0.4) is 0 Å². The van der Waals surface area contributed by atoms with Gasteiger partial charge in [-0.25, -0.2) is 14.8 Å². The lowest BCUT2D eigenvalue weighted by molar-refractivity contribution is 0.0974. The third-order valence-corrected chi connectivity index (χ3v) is 8.30. The number of H-pyrrole nitrogens is 1. The summed E-state index contributed by atoms with van der Waals surface area (Å²) in [5.41, 5.74) is 10.7. The van der Waals surface area contributed by atoms with E-state index >= 15 is 0 Å². The first kappa shape index (κ1) is 23.0. The van der Waals surface area contributed by atoms with Crippen LogP contribution in [0.25, 0.3) is 16.0 Å². The number of fused-ring (bicyclic) bond motifs is 2. The molecule has 3 aliphatic heterocycles. The molecule has 3 aliphatic rings. The number of aromatic amines is 1. The summed E-state index contributed by atoms with van der Waals surface area (Å²) in [6, 6.07) is 6.28. The molecule has 2 saturated heterocycles. The Labute approximate surface area is 211 Å². The van der Waals surface area contributed by atoms with E-state index < -0.39 is 0 Å². The molecule has 0 bridgehead atoms. The predicted octanol–water partition coefficient (Wildman–Crippen LogP) is 3.60. The summed E-state index contributed by atoms with van der Waals surface area (Å²) in [6.07, 6.45) is 3.98. The molecule has 2 atom stereocenters. The van der Waals surface area contributed by atoms with E-state index in [0.717, 1.165) is 74.2 Å². The summed E-state index contributed by atoms with van der Waals surface area (Å²) < 4.78 is 5.87. The summed E-state index contributed by atoms with van der Waals surface area (Å²) in [7, 11) is 0. The number of benzene rings is 1. The van der Waals surface area contributed by atoms with Gasteiger partial charge in [0.05, 0.1) is 36.9 Å². The average Bonchev–Trinajstić information content (AvgIpc) is 3.44. The molecule has 2 aromatic heterocycles. The highest BCUT2D eigenvalue weighted by molar-refractivity contribution is 5.91. The number of nitrogens with one attached hydrogen (secondary N) is 1. The number of hydrogen-bond donors (Lipinski definition) is 2. The summed E-state index contributed by atoms with van der Waals surface area (Å²) >= 11 is 0. The molecule has 3 N–H and O–H groups in total. The summed E-state index contributed by atoms with van der Waals surface area (Å²) in [5.74, 6) is 1.63. The fourth-order valence-corrected chi connectivity index (χ4v) is 6.02. The first-order valence-electron chi connectivity index (χ1n) is 12.8. The zero-order valence-electron chi connectivity index (χ0n) is 21.1. The summed E-state index contributed by atoms with van der Waals surface area (Å²) in [4.78, 5) is 20.2. The van der Waals surface area contributed by atoms with Crippen LogP contribution in [-0.4, -0.2) is 71.1 Å². The monoisotopic (exact) mass is 487 g/mol. The molecule has 1 spiro atoms. The first-order valence-corrected chi connectivity index (χ1v) is 12.8. The molecule has 36 heavy (non-hydrogen) atoms. The highest BCUT2D eigenvalue weighted by atomic mass is 16.5. The number of nitrogens with two attached hydrogens (primary N) is 1. The van der Waals surface area contributed by atoms with Gasteiger partial charge < -0.3 is 25.2 Å². The van der Waals surface area contributed by atoms with E-state index in [4.69, 9.17) is 27.0 Å². The molecule has 0 amide bonds. The van der Waals surface area contributed by atoms with Crippen LogP contribution in [0.1, 0.15) is 33.6 Å². The Balaban J connectivity index is 1.27. The van der Waals surface area contributed by atoms with Crippen molar-refractivity contribution in [1.29, 1.82) is 0 Å². The van der Waals surface area contributed by atoms with Gasteiger partial charge in [0.2, 0.25) is 0 Å². The van der Waals surface area contributed by atoms with Gasteiger partial charge >= 0.3 is 0 Å². The van der Waals surface area contributed by atoms with Crippen LogP contribution in [0.15, 0.2) is 24.4 Å². The minimum atomic E-state index is 0.0766. The molecule has 1 aromatic carbocycles. The Hall–Kier alpha value is -3.42. The highest BCUT2D eigenvalue weighted by Crippen LogP contribution is 2.43. The topological polar surface area (TPSA) is 104 Å². The summed E-state index contributed by atoms with van der Waals surface area (Å²) in [5, 5.41) is 7.76. The minimum absolute atomic E-state index is 0.0766. The maximum absolute atomic E-state index is 7.44. The van der Waals surface area contributed by atoms with Gasteiger partial charge in [0.25, 0.3) is 0 Å². The third kappa shape index (κ3) is 3.57. The van der Waals surface area contributed by atoms with Gasteiger partial charge in [0.15, 0.2) is 22.7 Å². The van der Waals surface area contributed by atoms with Crippen molar-refractivity contribution in [1.82, 2.24) is 20.2 Å². The van der Waals surface area contributed by atoms with Crippen LogP contribution in [0, 0.1) is 12.0 Å². The molecule has 0 radical (unpaired) electrons. The van der Waals surface area contributed by atoms with Crippen molar-refractivity contribution in [3.63, 3.8) is 0 Å². The molecule has 2 fully saturated rings. The molecule has 3 aromatic rings. The van der Waals surface area contributed by atoms with Gasteiger partial charge in [-0.15, -0.1) is 0 Å². The van der Waals surface area contributed by atoms with Crippen molar-refractivity contribution in [2.24, 2.45) is 11.1 Å². The lowest BCUT2D eigenvalue weighted by Gasteiger charge is -2.41. The maximum atomic E-state index is 7.44. The van der Waals surface area contributed by atoms with Crippen molar-refractivity contribution in [3.8, 4) is 0 Å². The number of rotatable bonds is 3. The van der Waals surface area contributed by atoms with Crippen LogP contribution >= 0.6 is 0 Å². The van der Waals surface area contributed by atoms with Crippen LogP contribution in [0.5, 0.6) is 0 Å². The molecule has 0 unspecified atom stereocenters. The van der Waals surface area contributed by atoms with Gasteiger partial charge in [-0.2, -0.15) is 5.10 Å². The van der Waals surface area contributed by atoms with Crippen LogP contribution in [0.2, 0.25) is 0 Å².